The largest absolute Gasteiger partial charge is 0.497 e. The standard InChI is InChI=1S/C20H27N3O4/c1-15-6-9-23(21-15)11-10-22-8-7-18(24)20(14-22,19(25)26)13-16-4-3-5-17(12-16)27-2/h3-6,9,12,18,24H,7-8,10-11,13-14H2,1-2H3,(H,25,26)/t18-,20-/m1/s1. The van der Waals surface area contributed by atoms with Gasteiger partial charge in [0.1, 0.15) is 11.2 Å². The molecular weight excluding hydrogens is 346 g/mol. The highest BCUT2D eigenvalue weighted by Crippen LogP contribution is 2.35. The van der Waals surface area contributed by atoms with Crippen LogP contribution in [0.1, 0.15) is 17.7 Å². The van der Waals surface area contributed by atoms with E-state index in [4.69, 9.17) is 4.74 Å². The van der Waals surface area contributed by atoms with Gasteiger partial charge in [-0.1, -0.05) is 12.1 Å². The van der Waals surface area contributed by atoms with Gasteiger partial charge < -0.3 is 19.8 Å². The molecule has 0 saturated carbocycles. The van der Waals surface area contributed by atoms with Crippen molar-refractivity contribution in [2.24, 2.45) is 5.41 Å². The van der Waals surface area contributed by atoms with Crippen molar-refractivity contribution in [1.82, 2.24) is 14.7 Å². The maximum absolute atomic E-state index is 12.2. The number of carboxylic acid groups (broad SMARTS) is 1. The van der Waals surface area contributed by atoms with Crippen molar-refractivity contribution in [1.29, 1.82) is 0 Å². The topological polar surface area (TPSA) is 87.8 Å². The molecule has 0 amide bonds. The number of piperidine rings is 1. The molecule has 2 N–H and O–H groups in total. The number of likely N-dealkylation sites (tertiary alicyclic amines) is 1. The summed E-state index contributed by atoms with van der Waals surface area (Å²) in [6, 6.07) is 9.34. The molecule has 7 heteroatoms. The SMILES string of the molecule is COc1cccc(C[C@@]2(C(=O)O)CN(CCn3ccc(C)n3)CC[C@H]2O)c1. The van der Waals surface area contributed by atoms with Crippen LogP contribution in [0.2, 0.25) is 0 Å². The smallest absolute Gasteiger partial charge is 0.313 e. The van der Waals surface area contributed by atoms with Crippen LogP contribution in [0.5, 0.6) is 5.75 Å². The van der Waals surface area contributed by atoms with E-state index < -0.39 is 17.5 Å². The average molecular weight is 373 g/mol. The molecule has 1 saturated heterocycles. The molecule has 1 fully saturated rings. The first-order chi connectivity index (χ1) is 12.9. The number of aliphatic hydroxyl groups is 1. The maximum atomic E-state index is 12.2. The van der Waals surface area contributed by atoms with E-state index in [-0.39, 0.29) is 6.42 Å². The normalized spacial score (nSPS) is 23.3. The zero-order chi connectivity index (χ0) is 19.4. The number of nitrogens with zero attached hydrogens (tertiary/aromatic N) is 3. The second kappa shape index (κ2) is 8.10. The number of hydrogen-bond donors (Lipinski definition) is 2. The van der Waals surface area contributed by atoms with Crippen LogP contribution in [0.4, 0.5) is 0 Å². The number of hydrogen-bond acceptors (Lipinski definition) is 5. The van der Waals surface area contributed by atoms with Crippen molar-refractivity contribution in [3.05, 3.63) is 47.8 Å². The van der Waals surface area contributed by atoms with Gasteiger partial charge in [0.05, 0.1) is 25.5 Å². The van der Waals surface area contributed by atoms with Gasteiger partial charge in [0.25, 0.3) is 0 Å². The number of aromatic nitrogens is 2. The number of carbonyl (C=O) groups is 1. The predicted octanol–water partition coefficient (Wildman–Crippen LogP) is 1.58. The van der Waals surface area contributed by atoms with Gasteiger partial charge in [-0.15, -0.1) is 0 Å². The Morgan fingerprint density at radius 2 is 2.19 bits per heavy atom. The molecule has 7 nitrogen and oxygen atoms in total. The minimum atomic E-state index is -1.23. The van der Waals surface area contributed by atoms with Crippen LogP contribution in [0.15, 0.2) is 36.5 Å². The Kier molecular flexibility index (Phi) is 5.82. The zero-order valence-electron chi connectivity index (χ0n) is 15.8. The molecule has 2 heterocycles. The third kappa shape index (κ3) is 4.31. The first-order valence-electron chi connectivity index (χ1n) is 9.20. The van der Waals surface area contributed by atoms with Gasteiger partial charge >= 0.3 is 5.97 Å². The molecule has 1 aliphatic heterocycles. The Bertz CT molecular complexity index is 791. The molecule has 1 aromatic heterocycles. The molecule has 1 aliphatic rings. The molecule has 1 aromatic carbocycles. The number of aliphatic carboxylic acids is 1. The first-order valence-corrected chi connectivity index (χ1v) is 9.20. The predicted molar refractivity (Wildman–Crippen MR) is 101 cm³/mol. The maximum Gasteiger partial charge on any atom is 0.313 e. The van der Waals surface area contributed by atoms with Gasteiger partial charge in [0.2, 0.25) is 0 Å². The highest BCUT2D eigenvalue weighted by atomic mass is 16.5. The minimum absolute atomic E-state index is 0.262. The summed E-state index contributed by atoms with van der Waals surface area (Å²) in [7, 11) is 1.58. The van der Waals surface area contributed by atoms with Gasteiger partial charge in [-0.2, -0.15) is 5.10 Å². The lowest BCUT2D eigenvalue weighted by Gasteiger charge is -2.43. The van der Waals surface area contributed by atoms with Gasteiger partial charge in [-0.05, 0) is 43.5 Å². The Morgan fingerprint density at radius 1 is 1.37 bits per heavy atom. The summed E-state index contributed by atoms with van der Waals surface area (Å²) in [6.07, 6.45) is 1.74. The fraction of sp³-hybridized carbons (Fsp3) is 0.500. The highest BCUT2D eigenvalue weighted by molar-refractivity contribution is 5.76. The number of ether oxygens (including phenoxy) is 1. The lowest BCUT2D eigenvalue weighted by molar-refractivity contribution is -0.163. The van der Waals surface area contributed by atoms with E-state index in [0.717, 1.165) is 11.3 Å². The van der Waals surface area contributed by atoms with Crippen molar-refractivity contribution >= 4 is 5.97 Å². The van der Waals surface area contributed by atoms with Gasteiger partial charge in [0, 0.05) is 25.8 Å². The second-order valence-electron chi connectivity index (χ2n) is 7.29. The summed E-state index contributed by atoms with van der Waals surface area (Å²) in [4.78, 5) is 14.3. The average Bonchev–Trinajstić information content (AvgIpc) is 3.07. The molecule has 0 spiro atoms. The van der Waals surface area contributed by atoms with Crippen LogP contribution in [-0.4, -0.2) is 63.7 Å². The van der Waals surface area contributed by atoms with Gasteiger partial charge in [-0.3, -0.25) is 9.48 Å². The van der Waals surface area contributed by atoms with Crippen LogP contribution >= 0.6 is 0 Å². The van der Waals surface area contributed by atoms with Crippen molar-refractivity contribution in [3.8, 4) is 5.75 Å². The molecule has 27 heavy (non-hydrogen) atoms. The highest BCUT2D eigenvalue weighted by Gasteiger charge is 2.49. The van der Waals surface area contributed by atoms with Crippen molar-refractivity contribution < 1.29 is 19.7 Å². The number of rotatable bonds is 7. The third-order valence-corrected chi connectivity index (χ3v) is 5.36. The number of aryl methyl sites for hydroxylation is 1. The quantitative estimate of drug-likeness (QED) is 0.766. The van der Waals surface area contributed by atoms with Crippen LogP contribution < -0.4 is 4.74 Å². The van der Waals surface area contributed by atoms with Crippen LogP contribution in [0.25, 0.3) is 0 Å². The summed E-state index contributed by atoms with van der Waals surface area (Å²) < 4.78 is 7.11. The number of carboxylic acids is 1. The number of benzene rings is 1. The van der Waals surface area contributed by atoms with Crippen LogP contribution in [-0.2, 0) is 17.8 Å². The summed E-state index contributed by atoms with van der Waals surface area (Å²) in [5, 5.41) is 25.0. The van der Waals surface area contributed by atoms with E-state index in [1.165, 1.54) is 0 Å². The summed E-state index contributed by atoms with van der Waals surface area (Å²) >= 11 is 0. The molecule has 2 atom stereocenters. The van der Waals surface area contributed by atoms with E-state index in [1.807, 2.05) is 48.1 Å². The van der Waals surface area contributed by atoms with E-state index in [0.29, 0.717) is 38.3 Å². The fourth-order valence-corrected chi connectivity index (χ4v) is 3.79. The molecule has 3 rings (SSSR count). The van der Waals surface area contributed by atoms with Crippen molar-refractivity contribution in [3.63, 3.8) is 0 Å². The molecule has 2 aromatic rings. The van der Waals surface area contributed by atoms with Crippen molar-refractivity contribution in [2.45, 2.75) is 32.4 Å². The summed E-state index contributed by atoms with van der Waals surface area (Å²) in [6.45, 7) is 4.31. The van der Waals surface area contributed by atoms with E-state index in [2.05, 4.69) is 10.00 Å². The second-order valence-corrected chi connectivity index (χ2v) is 7.29. The zero-order valence-corrected chi connectivity index (χ0v) is 15.8. The number of methoxy groups -OCH3 is 1. The Hall–Kier alpha value is -2.38. The number of aliphatic hydroxyl groups excluding tert-OH is 1. The molecular formula is C20H27N3O4. The lowest BCUT2D eigenvalue weighted by Crippen LogP contribution is -2.57. The van der Waals surface area contributed by atoms with Crippen LogP contribution in [0.3, 0.4) is 0 Å². The molecule has 0 bridgehead atoms. The third-order valence-electron chi connectivity index (χ3n) is 5.36. The van der Waals surface area contributed by atoms with Crippen molar-refractivity contribution in [2.75, 3.05) is 26.7 Å². The van der Waals surface area contributed by atoms with E-state index in [9.17, 15) is 15.0 Å². The van der Waals surface area contributed by atoms with Gasteiger partial charge in [-0.25, -0.2) is 0 Å². The van der Waals surface area contributed by atoms with Gasteiger partial charge in [0.15, 0.2) is 0 Å². The lowest BCUT2D eigenvalue weighted by atomic mass is 9.73. The molecule has 0 radical (unpaired) electrons. The molecule has 0 unspecified atom stereocenters. The molecule has 0 aliphatic carbocycles. The summed E-state index contributed by atoms with van der Waals surface area (Å²) in [5.74, 6) is -0.276. The Balaban J connectivity index is 1.75. The monoisotopic (exact) mass is 373 g/mol. The van der Waals surface area contributed by atoms with E-state index in [1.54, 1.807) is 7.11 Å². The summed E-state index contributed by atoms with van der Waals surface area (Å²) in [5.41, 5.74) is 0.576. The van der Waals surface area contributed by atoms with Crippen LogP contribution in [0, 0.1) is 12.3 Å². The Morgan fingerprint density at radius 3 is 2.85 bits per heavy atom. The fourth-order valence-electron chi connectivity index (χ4n) is 3.79. The Labute approximate surface area is 159 Å². The first kappa shape index (κ1) is 19.4. The molecule has 146 valence electrons. The van der Waals surface area contributed by atoms with E-state index >= 15 is 0 Å². The minimum Gasteiger partial charge on any atom is -0.497 e.